The maximum atomic E-state index is 11.7. The van der Waals surface area contributed by atoms with Crippen LogP contribution in [-0.2, 0) is 9.53 Å². The van der Waals surface area contributed by atoms with Crippen molar-refractivity contribution in [1.29, 1.82) is 0 Å². The van der Waals surface area contributed by atoms with Crippen molar-refractivity contribution in [1.82, 2.24) is 10.3 Å². The number of methoxy groups -OCH3 is 1. The van der Waals surface area contributed by atoms with Crippen LogP contribution in [0, 0.1) is 0 Å². The lowest BCUT2D eigenvalue weighted by Crippen LogP contribution is -2.39. The van der Waals surface area contributed by atoms with E-state index < -0.39 is 17.9 Å². The normalized spacial score (nSPS) is 11.7. The van der Waals surface area contributed by atoms with Crippen molar-refractivity contribution in [2.75, 3.05) is 7.11 Å². The highest BCUT2D eigenvalue weighted by Gasteiger charge is 2.18. The van der Waals surface area contributed by atoms with Gasteiger partial charge in [-0.3, -0.25) is 4.79 Å². The van der Waals surface area contributed by atoms with Crippen LogP contribution in [0.2, 0.25) is 0 Å². The Kier molecular flexibility index (Phi) is 4.42. The lowest BCUT2D eigenvalue weighted by Gasteiger charge is -2.11. The van der Waals surface area contributed by atoms with Crippen LogP contribution in [0.15, 0.2) is 22.8 Å². The number of esters is 1. The van der Waals surface area contributed by atoms with Gasteiger partial charge in [-0.1, -0.05) is 0 Å². The highest BCUT2D eigenvalue weighted by molar-refractivity contribution is 9.10. The van der Waals surface area contributed by atoms with Gasteiger partial charge in [0.2, 0.25) is 0 Å². The summed E-state index contributed by atoms with van der Waals surface area (Å²) in [6, 6.07) is 2.70. The third kappa shape index (κ3) is 3.03. The van der Waals surface area contributed by atoms with Crippen LogP contribution in [-0.4, -0.2) is 30.0 Å². The predicted molar refractivity (Wildman–Crippen MR) is 60.9 cm³/mol. The number of pyridine rings is 1. The van der Waals surface area contributed by atoms with E-state index in [4.69, 9.17) is 0 Å². The molecule has 0 spiro atoms. The van der Waals surface area contributed by atoms with Crippen LogP contribution < -0.4 is 5.32 Å². The van der Waals surface area contributed by atoms with E-state index in [-0.39, 0.29) is 5.69 Å². The number of carbonyl (C=O) groups is 2. The van der Waals surface area contributed by atoms with Crippen molar-refractivity contribution in [3.05, 3.63) is 28.5 Å². The minimum absolute atomic E-state index is 0.234. The van der Waals surface area contributed by atoms with E-state index in [0.717, 1.165) is 0 Å². The lowest BCUT2D eigenvalue weighted by atomic mass is 10.3. The second-order valence-electron chi connectivity index (χ2n) is 3.05. The highest BCUT2D eigenvalue weighted by atomic mass is 79.9. The number of hydrogen-bond acceptors (Lipinski definition) is 4. The first kappa shape index (κ1) is 12.6. The van der Waals surface area contributed by atoms with Gasteiger partial charge in [0.25, 0.3) is 5.91 Å². The lowest BCUT2D eigenvalue weighted by molar-refractivity contribution is -0.142. The van der Waals surface area contributed by atoms with Crippen molar-refractivity contribution >= 4 is 27.8 Å². The number of halogens is 1. The summed E-state index contributed by atoms with van der Waals surface area (Å²) in [5, 5.41) is 2.48. The first-order chi connectivity index (χ1) is 7.56. The summed E-state index contributed by atoms with van der Waals surface area (Å²) >= 11 is 3.20. The van der Waals surface area contributed by atoms with Crippen LogP contribution >= 0.6 is 15.9 Å². The molecular formula is C10H11BrN2O3. The minimum atomic E-state index is -0.702. The minimum Gasteiger partial charge on any atom is -0.467 e. The zero-order valence-corrected chi connectivity index (χ0v) is 10.4. The Bertz CT molecular complexity index is 409. The van der Waals surface area contributed by atoms with Crippen LogP contribution in [0.25, 0.3) is 0 Å². The van der Waals surface area contributed by atoms with E-state index in [9.17, 15) is 9.59 Å². The third-order valence-corrected chi connectivity index (χ3v) is 2.52. The SMILES string of the molecule is COC(=O)[C@H](C)NC(=O)c1ncccc1Br. The average molecular weight is 287 g/mol. The van der Waals surface area contributed by atoms with Crippen molar-refractivity contribution in [2.45, 2.75) is 13.0 Å². The number of amides is 1. The van der Waals surface area contributed by atoms with Gasteiger partial charge >= 0.3 is 5.97 Å². The summed E-state index contributed by atoms with van der Waals surface area (Å²) < 4.78 is 5.07. The van der Waals surface area contributed by atoms with Crippen LogP contribution in [0.4, 0.5) is 0 Å². The van der Waals surface area contributed by atoms with Gasteiger partial charge in [-0.25, -0.2) is 9.78 Å². The van der Waals surface area contributed by atoms with E-state index in [0.29, 0.717) is 4.47 Å². The summed E-state index contributed by atoms with van der Waals surface area (Å²) in [7, 11) is 1.27. The zero-order valence-electron chi connectivity index (χ0n) is 8.86. The number of nitrogens with zero attached hydrogens (tertiary/aromatic N) is 1. The fraction of sp³-hybridized carbons (Fsp3) is 0.300. The molecule has 16 heavy (non-hydrogen) atoms. The second kappa shape index (κ2) is 5.60. The number of hydrogen-bond donors (Lipinski definition) is 1. The molecule has 1 amide bonds. The largest absolute Gasteiger partial charge is 0.467 e. The number of aromatic nitrogens is 1. The Labute approximate surface area is 101 Å². The first-order valence-electron chi connectivity index (χ1n) is 4.55. The number of ether oxygens (including phenoxy) is 1. The molecule has 0 aromatic carbocycles. The van der Waals surface area contributed by atoms with E-state index in [1.807, 2.05) is 0 Å². The molecule has 0 aliphatic heterocycles. The smallest absolute Gasteiger partial charge is 0.328 e. The Balaban J connectivity index is 2.73. The number of carbonyl (C=O) groups excluding carboxylic acids is 2. The molecule has 0 aliphatic carbocycles. The molecule has 1 heterocycles. The van der Waals surface area contributed by atoms with Crippen molar-refractivity contribution in [2.24, 2.45) is 0 Å². The third-order valence-electron chi connectivity index (χ3n) is 1.88. The Morgan fingerprint density at radius 1 is 1.56 bits per heavy atom. The summed E-state index contributed by atoms with van der Waals surface area (Å²) in [5.41, 5.74) is 0.234. The molecule has 1 rings (SSSR count). The molecule has 0 saturated carbocycles. The van der Waals surface area contributed by atoms with Gasteiger partial charge in [0.15, 0.2) is 0 Å². The van der Waals surface area contributed by atoms with Gasteiger partial charge in [-0.2, -0.15) is 0 Å². The van der Waals surface area contributed by atoms with Gasteiger partial charge in [0.1, 0.15) is 11.7 Å². The van der Waals surface area contributed by atoms with E-state index in [1.54, 1.807) is 19.1 Å². The first-order valence-corrected chi connectivity index (χ1v) is 5.34. The molecule has 1 atom stereocenters. The van der Waals surface area contributed by atoms with Crippen molar-refractivity contribution in [3.63, 3.8) is 0 Å². The molecular weight excluding hydrogens is 276 g/mol. The fourth-order valence-electron chi connectivity index (χ4n) is 1.05. The molecule has 0 radical (unpaired) electrons. The molecule has 0 bridgehead atoms. The maximum absolute atomic E-state index is 11.7. The molecule has 0 unspecified atom stereocenters. The van der Waals surface area contributed by atoms with Gasteiger partial charge in [-0.05, 0) is 35.0 Å². The van der Waals surface area contributed by atoms with Crippen LogP contribution in [0.3, 0.4) is 0 Å². The average Bonchev–Trinajstić information content (AvgIpc) is 2.28. The monoisotopic (exact) mass is 286 g/mol. The summed E-state index contributed by atoms with van der Waals surface area (Å²) in [6.07, 6.45) is 1.50. The van der Waals surface area contributed by atoms with E-state index in [2.05, 4.69) is 31.0 Å². The Hall–Kier alpha value is -1.43. The molecule has 86 valence electrons. The Morgan fingerprint density at radius 3 is 2.81 bits per heavy atom. The van der Waals surface area contributed by atoms with Crippen molar-refractivity contribution < 1.29 is 14.3 Å². The predicted octanol–water partition coefficient (Wildman–Crippen LogP) is 1.14. The molecule has 1 aromatic rings. The highest BCUT2D eigenvalue weighted by Crippen LogP contribution is 2.12. The summed E-state index contributed by atoms with van der Waals surface area (Å²) in [5.74, 6) is -0.925. The van der Waals surface area contributed by atoms with Gasteiger partial charge < -0.3 is 10.1 Å². The van der Waals surface area contributed by atoms with Gasteiger partial charge in [0, 0.05) is 10.7 Å². The Morgan fingerprint density at radius 2 is 2.25 bits per heavy atom. The molecule has 5 nitrogen and oxygen atoms in total. The van der Waals surface area contributed by atoms with Crippen LogP contribution in [0.5, 0.6) is 0 Å². The maximum Gasteiger partial charge on any atom is 0.328 e. The molecule has 0 saturated heterocycles. The quantitative estimate of drug-likeness (QED) is 0.846. The molecule has 1 N–H and O–H groups in total. The van der Waals surface area contributed by atoms with Crippen LogP contribution in [0.1, 0.15) is 17.4 Å². The molecule has 6 heteroatoms. The van der Waals surface area contributed by atoms with Gasteiger partial charge in [0.05, 0.1) is 7.11 Å². The molecule has 1 aromatic heterocycles. The van der Waals surface area contributed by atoms with E-state index >= 15 is 0 Å². The number of rotatable bonds is 3. The standard InChI is InChI=1S/C10H11BrN2O3/c1-6(10(15)16-2)13-9(14)8-7(11)4-3-5-12-8/h3-6H,1-2H3,(H,13,14)/t6-/m0/s1. The fourth-order valence-corrected chi connectivity index (χ4v) is 1.49. The zero-order chi connectivity index (χ0) is 12.1. The summed E-state index contributed by atoms with van der Waals surface area (Å²) in [6.45, 7) is 1.54. The number of nitrogens with one attached hydrogen (secondary N) is 1. The molecule has 0 fully saturated rings. The topological polar surface area (TPSA) is 68.3 Å². The second-order valence-corrected chi connectivity index (χ2v) is 3.91. The van der Waals surface area contributed by atoms with Gasteiger partial charge in [-0.15, -0.1) is 0 Å². The summed E-state index contributed by atoms with van der Waals surface area (Å²) in [4.78, 5) is 26.7. The molecule has 0 aliphatic rings. The van der Waals surface area contributed by atoms with Crippen molar-refractivity contribution in [3.8, 4) is 0 Å². The van der Waals surface area contributed by atoms with E-state index in [1.165, 1.54) is 13.3 Å².